The summed E-state index contributed by atoms with van der Waals surface area (Å²) in [4.78, 5) is 27.5. The highest BCUT2D eigenvalue weighted by atomic mass is 16.3. The molecule has 4 rings (SSSR count). The van der Waals surface area contributed by atoms with Gasteiger partial charge in [-0.15, -0.1) is 0 Å². The molecule has 138 valence electrons. The van der Waals surface area contributed by atoms with Crippen LogP contribution in [0, 0.1) is 0 Å². The Morgan fingerprint density at radius 2 is 1.74 bits per heavy atom. The van der Waals surface area contributed by atoms with Crippen molar-refractivity contribution in [1.29, 1.82) is 0 Å². The first-order chi connectivity index (χ1) is 13.2. The first-order valence-electron chi connectivity index (χ1n) is 9.28. The van der Waals surface area contributed by atoms with Gasteiger partial charge in [-0.25, -0.2) is 0 Å². The maximum atomic E-state index is 12.6. The lowest BCUT2D eigenvalue weighted by molar-refractivity contribution is 0.0906. The number of nitrogens with zero attached hydrogens (tertiary/aromatic N) is 1. The maximum Gasteiger partial charge on any atom is 0.258 e. The fraction of sp³-hybridized carbons (Fsp3) is 0.273. The molecule has 2 aromatic carbocycles. The number of fused-ring (bicyclic) bond motifs is 1. The second kappa shape index (κ2) is 7.76. The third-order valence-electron chi connectivity index (χ3n) is 5.10. The Balaban J connectivity index is 1.37. The predicted octanol–water partition coefficient (Wildman–Crippen LogP) is 3.19. The van der Waals surface area contributed by atoms with Crippen molar-refractivity contribution in [3.05, 3.63) is 82.2 Å². The number of carbonyl (C=O) groups excluding carboxylic acids is 1. The minimum absolute atomic E-state index is 0.0698. The molecular weight excluding hydrogens is 340 g/mol. The van der Waals surface area contributed by atoms with Gasteiger partial charge in [0.05, 0.1) is 5.39 Å². The van der Waals surface area contributed by atoms with Crippen molar-refractivity contribution in [2.24, 2.45) is 0 Å². The van der Waals surface area contributed by atoms with E-state index in [-0.39, 0.29) is 22.9 Å². The van der Waals surface area contributed by atoms with Gasteiger partial charge in [-0.3, -0.25) is 14.5 Å². The van der Waals surface area contributed by atoms with Crippen molar-refractivity contribution >= 4 is 16.9 Å². The van der Waals surface area contributed by atoms with E-state index < -0.39 is 0 Å². The van der Waals surface area contributed by atoms with Crippen molar-refractivity contribution in [1.82, 2.24) is 10.2 Å². The van der Waals surface area contributed by atoms with Gasteiger partial charge < -0.3 is 9.73 Å². The van der Waals surface area contributed by atoms with Gasteiger partial charge in [0.25, 0.3) is 5.91 Å². The van der Waals surface area contributed by atoms with E-state index in [0.29, 0.717) is 11.0 Å². The van der Waals surface area contributed by atoms with Crippen LogP contribution in [-0.2, 0) is 6.54 Å². The van der Waals surface area contributed by atoms with E-state index in [1.54, 1.807) is 24.3 Å². The molecule has 0 spiro atoms. The molecule has 1 N–H and O–H groups in total. The molecular formula is C22H22N2O3. The highest BCUT2D eigenvalue weighted by Gasteiger charge is 2.23. The monoisotopic (exact) mass is 362 g/mol. The largest absolute Gasteiger partial charge is 0.463 e. The van der Waals surface area contributed by atoms with Crippen LogP contribution in [0.15, 0.2) is 70.1 Å². The van der Waals surface area contributed by atoms with Gasteiger partial charge in [0.1, 0.15) is 17.4 Å². The molecule has 1 fully saturated rings. The number of amides is 1. The molecule has 5 nitrogen and oxygen atoms in total. The summed E-state index contributed by atoms with van der Waals surface area (Å²) in [5.74, 6) is -0.351. The van der Waals surface area contributed by atoms with Crippen LogP contribution in [0.25, 0.3) is 11.0 Å². The lowest BCUT2D eigenvalue weighted by Crippen LogP contribution is -2.45. The summed E-state index contributed by atoms with van der Waals surface area (Å²) in [6, 6.07) is 17.4. The molecule has 5 heteroatoms. The molecule has 0 unspecified atom stereocenters. The minimum Gasteiger partial charge on any atom is -0.463 e. The Morgan fingerprint density at radius 1 is 1.04 bits per heavy atom. The number of hydrogen-bond donors (Lipinski definition) is 1. The number of likely N-dealkylation sites (tertiary alicyclic amines) is 1. The number of hydrogen-bond acceptors (Lipinski definition) is 4. The number of nitrogens with one attached hydrogen (secondary N) is 1. The first kappa shape index (κ1) is 17.5. The SMILES string of the molecule is O=C(NC1CCN(Cc2ccccc2)CC1)c1coc2ccccc2c1=O. The summed E-state index contributed by atoms with van der Waals surface area (Å²) in [5, 5.41) is 3.43. The number of rotatable bonds is 4. The first-order valence-corrected chi connectivity index (χ1v) is 9.28. The Hall–Kier alpha value is -2.92. The van der Waals surface area contributed by atoms with E-state index in [1.807, 2.05) is 6.07 Å². The zero-order valence-electron chi connectivity index (χ0n) is 15.1. The summed E-state index contributed by atoms with van der Waals surface area (Å²) >= 11 is 0. The van der Waals surface area contributed by atoms with Gasteiger partial charge >= 0.3 is 0 Å². The van der Waals surface area contributed by atoms with Crippen LogP contribution >= 0.6 is 0 Å². The molecule has 0 bridgehead atoms. The third-order valence-corrected chi connectivity index (χ3v) is 5.10. The normalized spacial score (nSPS) is 15.7. The maximum absolute atomic E-state index is 12.6. The number of piperidine rings is 1. The van der Waals surface area contributed by atoms with Crippen molar-refractivity contribution in [3.63, 3.8) is 0 Å². The van der Waals surface area contributed by atoms with E-state index in [2.05, 4.69) is 34.5 Å². The van der Waals surface area contributed by atoms with E-state index in [0.717, 1.165) is 32.5 Å². The molecule has 1 amide bonds. The lowest BCUT2D eigenvalue weighted by atomic mass is 10.0. The van der Waals surface area contributed by atoms with E-state index in [4.69, 9.17) is 4.42 Å². The van der Waals surface area contributed by atoms with Crippen molar-refractivity contribution in [3.8, 4) is 0 Å². The molecule has 2 heterocycles. The molecule has 27 heavy (non-hydrogen) atoms. The average Bonchev–Trinajstić information content (AvgIpc) is 2.71. The molecule has 1 aliphatic heterocycles. The summed E-state index contributed by atoms with van der Waals surface area (Å²) in [6.07, 6.45) is 3.01. The van der Waals surface area contributed by atoms with Crippen molar-refractivity contribution in [2.45, 2.75) is 25.4 Å². The van der Waals surface area contributed by atoms with Crippen LogP contribution in [0.1, 0.15) is 28.8 Å². The molecule has 1 aliphatic rings. The smallest absolute Gasteiger partial charge is 0.258 e. The average molecular weight is 362 g/mol. The Bertz CT molecular complexity index is 989. The fourth-order valence-corrected chi connectivity index (χ4v) is 3.57. The quantitative estimate of drug-likeness (QED) is 0.774. The fourth-order valence-electron chi connectivity index (χ4n) is 3.57. The van der Waals surface area contributed by atoms with E-state index in [1.165, 1.54) is 11.8 Å². The van der Waals surface area contributed by atoms with Crippen LogP contribution in [0.5, 0.6) is 0 Å². The zero-order chi connectivity index (χ0) is 18.6. The Labute approximate surface area is 157 Å². The van der Waals surface area contributed by atoms with Crippen molar-refractivity contribution < 1.29 is 9.21 Å². The van der Waals surface area contributed by atoms with Gasteiger partial charge in [0.2, 0.25) is 5.43 Å². The predicted molar refractivity (Wildman–Crippen MR) is 105 cm³/mol. The Kier molecular flexibility index (Phi) is 5.03. The van der Waals surface area contributed by atoms with Gasteiger partial charge in [-0.05, 0) is 30.5 Å². The molecule has 0 aliphatic carbocycles. The summed E-state index contributed by atoms with van der Waals surface area (Å²) in [5.41, 5.74) is 1.58. The standard InChI is InChI=1S/C22H22N2O3/c25-21-18-8-4-5-9-20(18)27-15-19(21)22(26)23-17-10-12-24(13-11-17)14-16-6-2-1-3-7-16/h1-9,15,17H,10-14H2,(H,23,26). The second-order valence-corrected chi connectivity index (χ2v) is 6.98. The third kappa shape index (κ3) is 3.93. The van der Waals surface area contributed by atoms with Gasteiger partial charge in [-0.2, -0.15) is 0 Å². The van der Waals surface area contributed by atoms with Crippen molar-refractivity contribution in [2.75, 3.05) is 13.1 Å². The Morgan fingerprint density at radius 3 is 2.52 bits per heavy atom. The van der Waals surface area contributed by atoms with Gasteiger partial charge in [0.15, 0.2) is 0 Å². The highest BCUT2D eigenvalue weighted by molar-refractivity contribution is 5.96. The minimum atomic E-state index is -0.351. The number of benzene rings is 2. The molecule has 0 atom stereocenters. The van der Waals surface area contributed by atoms with E-state index >= 15 is 0 Å². The molecule has 1 aromatic heterocycles. The summed E-state index contributed by atoms with van der Waals surface area (Å²) in [6.45, 7) is 2.77. The summed E-state index contributed by atoms with van der Waals surface area (Å²) < 4.78 is 5.45. The van der Waals surface area contributed by atoms with Crippen LogP contribution in [0.3, 0.4) is 0 Å². The van der Waals surface area contributed by atoms with Crippen LogP contribution in [0.2, 0.25) is 0 Å². The molecule has 3 aromatic rings. The summed E-state index contributed by atoms with van der Waals surface area (Å²) in [7, 11) is 0. The highest BCUT2D eigenvalue weighted by Crippen LogP contribution is 2.15. The number of carbonyl (C=O) groups is 1. The van der Waals surface area contributed by atoms with Crippen LogP contribution in [-0.4, -0.2) is 29.9 Å². The second-order valence-electron chi connectivity index (χ2n) is 6.98. The van der Waals surface area contributed by atoms with Gasteiger partial charge in [-0.1, -0.05) is 42.5 Å². The van der Waals surface area contributed by atoms with E-state index in [9.17, 15) is 9.59 Å². The zero-order valence-corrected chi connectivity index (χ0v) is 15.1. The van der Waals surface area contributed by atoms with Gasteiger partial charge in [0, 0.05) is 25.7 Å². The van der Waals surface area contributed by atoms with Crippen LogP contribution in [0.4, 0.5) is 0 Å². The lowest BCUT2D eigenvalue weighted by Gasteiger charge is -2.32. The molecule has 0 radical (unpaired) electrons. The molecule has 0 saturated carbocycles. The molecule has 1 saturated heterocycles. The van der Waals surface area contributed by atoms with Crippen LogP contribution < -0.4 is 10.7 Å². The number of para-hydroxylation sites is 1. The topological polar surface area (TPSA) is 62.6 Å².